The molecule has 3 rings (SSSR count). The Balaban J connectivity index is 1.98. The summed E-state index contributed by atoms with van der Waals surface area (Å²) in [7, 11) is 1.43. The Hall–Kier alpha value is -3.28. The number of hydrogen-bond acceptors (Lipinski definition) is 3. The lowest BCUT2D eigenvalue weighted by atomic mass is 10.1. The number of urea groups is 1. The van der Waals surface area contributed by atoms with Crippen LogP contribution in [0, 0.1) is 0 Å². The monoisotopic (exact) mass is 520 g/mol. The maximum atomic E-state index is 13.1. The van der Waals surface area contributed by atoms with Crippen molar-refractivity contribution in [3.63, 3.8) is 0 Å². The molecule has 0 radical (unpaired) electrons. The molecule has 0 bridgehead atoms. The first-order valence-electron chi connectivity index (χ1n) is 10.2. The van der Waals surface area contributed by atoms with Gasteiger partial charge in [-0.15, -0.1) is 0 Å². The number of aromatic nitrogens is 2. The summed E-state index contributed by atoms with van der Waals surface area (Å²) in [6.07, 6.45) is -10.1. The van der Waals surface area contributed by atoms with Crippen LogP contribution in [0.25, 0.3) is 10.9 Å². The van der Waals surface area contributed by atoms with Crippen LogP contribution in [0.4, 0.5) is 36.8 Å². The summed E-state index contributed by atoms with van der Waals surface area (Å²) in [6.45, 7) is 3.09. The lowest BCUT2D eigenvalue weighted by Gasteiger charge is -2.29. The van der Waals surface area contributed by atoms with Gasteiger partial charge in [0.15, 0.2) is 0 Å². The predicted octanol–water partition coefficient (Wildman–Crippen LogP) is 6.24. The summed E-state index contributed by atoms with van der Waals surface area (Å²) in [5.41, 5.74) is -3.93. The zero-order valence-corrected chi connectivity index (χ0v) is 19.3. The lowest BCUT2D eigenvalue weighted by Crippen LogP contribution is -2.39. The maximum absolute atomic E-state index is 13.1. The van der Waals surface area contributed by atoms with E-state index in [4.69, 9.17) is 11.6 Å². The van der Waals surface area contributed by atoms with Crippen molar-refractivity contribution in [3.05, 3.63) is 68.7 Å². The minimum absolute atomic E-state index is 0.00656. The number of anilines is 1. The van der Waals surface area contributed by atoms with E-state index in [0.29, 0.717) is 22.7 Å². The van der Waals surface area contributed by atoms with Gasteiger partial charge in [-0.25, -0.2) is 9.78 Å². The van der Waals surface area contributed by atoms with Crippen molar-refractivity contribution in [3.8, 4) is 0 Å². The normalized spacial score (nSPS) is 13.1. The number of carbonyl (C=O) groups is 1. The maximum Gasteiger partial charge on any atom is 0.416 e. The molecular weight excluding hydrogens is 502 g/mol. The number of nitrogens with zero attached hydrogens (tertiary/aromatic N) is 3. The second kappa shape index (κ2) is 9.40. The van der Waals surface area contributed by atoms with E-state index in [-0.39, 0.29) is 23.8 Å². The molecule has 0 fully saturated rings. The summed E-state index contributed by atoms with van der Waals surface area (Å²) in [5.74, 6) is 0.154. The molecular formula is C22H19ClF6N4O2. The van der Waals surface area contributed by atoms with E-state index in [2.05, 4.69) is 10.3 Å². The van der Waals surface area contributed by atoms with Crippen LogP contribution >= 0.6 is 11.6 Å². The lowest BCUT2D eigenvalue weighted by molar-refractivity contribution is -0.143. The first kappa shape index (κ1) is 26.3. The van der Waals surface area contributed by atoms with E-state index in [1.54, 1.807) is 6.92 Å². The van der Waals surface area contributed by atoms with Gasteiger partial charge in [-0.1, -0.05) is 11.6 Å². The molecule has 0 aliphatic heterocycles. The van der Waals surface area contributed by atoms with Crippen LogP contribution in [0.3, 0.4) is 0 Å². The van der Waals surface area contributed by atoms with Crippen molar-refractivity contribution in [2.24, 2.45) is 7.05 Å². The first-order valence-corrected chi connectivity index (χ1v) is 10.5. The van der Waals surface area contributed by atoms with Gasteiger partial charge >= 0.3 is 18.4 Å². The summed E-state index contributed by atoms with van der Waals surface area (Å²) >= 11 is 5.94. The fraction of sp³-hybridized carbons (Fsp3) is 0.318. The van der Waals surface area contributed by atoms with E-state index in [1.165, 1.54) is 36.7 Å². The SMILES string of the molecule is CCN(C(=O)Nc1cc(C(F)(F)F)cc(C(F)(F)F)c1)C(C)c1nc2ccc(Cl)cc2c(=O)n1C. The topological polar surface area (TPSA) is 67.2 Å². The van der Waals surface area contributed by atoms with Crippen LogP contribution in [0.2, 0.25) is 5.02 Å². The van der Waals surface area contributed by atoms with Gasteiger partial charge in [-0.2, -0.15) is 26.3 Å². The number of halogens is 7. The van der Waals surface area contributed by atoms with Gasteiger partial charge in [0.05, 0.1) is 28.1 Å². The van der Waals surface area contributed by atoms with Gasteiger partial charge in [0.25, 0.3) is 5.56 Å². The summed E-state index contributed by atoms with van der Waals surface area (Å²) in [4.78, 5) is 31.2. The third-order valence-corrected chi connectivity index (χ3v) is 5.59. The molecule has 0 saturated heterocycles. The first-order chi connectivity index (χ1) is 16.1. The smallest absolute Gasteiger partial charge is 0.315 e. The minimum atomic E-state index is -5.06. The Morgan fingerprint density at radius 3 is 2.17 bits per heavy atom. The Morgan fingerprint density at radius 1 is 1.09 bits per heavy atom. The molecule has 0 aliphatic rings. The molecule has 188 valence electrons. The van der Waals surface area contributed by atoms with Crippen LogP contribution in [-0.2, 0) is 19.4 Å². The molecule has 1 aromatic heterocycles. The second-order valence-electron chi connectivity index (χ2n) is 7.68. The van der Waals surface area contributed by atoms with E-state index in [0.717, 1.165) is 4.90 Å². The highest BCUT2D eigenvalue weighted by Crippen LogP contribution is 2.37. The number of hydrogen-bond donors (Lipinski definition) is 1. The van der Waals surface area contributed by atoms with Crippen LogP contribution in [-0.4, -0.2) is 27.0 Å². The molecule has 3 aromatic rings. The van der Waals surface area contributed by atoms with Crippen LogP contribution < -0.4 is 10.9 Å². The molecule has 1 N–H and O–H groups in total. The standard InChI is InChI=1S/C22H19ClF6N4O2/c1-4-33(11(2)18-31-17-6-5-14(23)10-16(17)19(34)32(18)3)20(35)30-15-8-12(21(24,25)26)7-13(9-15)22(27,28)29/h5-11H,4H2,1-3H3,(H,30,35). The third kappa shape index (κ3) is 5.53. The molecule has 1 heterocycles. The van der Waals surface area contributed by atoms with Crippen molar-refractivity contribution in [1.29, 1.82) is 0 Å². The molecule has 0 aliphatic carbocycles. The quantitative estimate of drug-likeness (QED) is 0.414. The second-order valence-corrected chi connectivity index (χ2v) is 8.12. The minimum Gasteiger partial charge on any atom is -0.315 e. The van der Waals surface area contributed by atoms with E-state index in [1.807, 2.05) is 0 Å². The number of rotatable bonds is 4. The average Bonchev–Trinajstić information content (AvgIpc) is 2.75. The van der Waals surface area contributed by atoms with Crippen molar-refractivity contribution >= 4 is 34.2 Å². The predicted molar refractivity (Wildman–Crippen MR) is 118 cm³/mol. The van der Waals surface area contributed by atoms with Crippen LogP contribution in [0.15, 0.2) is 41.2 Å². The van der Waals surface area contributed by atoms with Crippen molar-refractivity contribution in [1.82, 2.24) is 14.5 Å². The summed E-state index contributed by atoms with van der Waals surface area (Å²) in [5, 5.41) is 2.67. The fourth-order valence-electron chi connectivity index (χ4n) is 3.59. The number of benzene rings is 2. The highest BCUT2D eigenvalue weighted by Gasteiger charge is 2.37. The van der Waals surface area contributed by atoms with Gasteiger partial charge in [-0.05, 0) is 50.2 Å². The van der Waals surface area contributed by atoms with Gasteiger partial charge in [0.2, 0.25) is 0 Å². The Labute approximate surface area is 200 Å². The molecule has 6 nitrogen and oxygen atoms in total. The average molecular weight is 521 g/mol. The van der Waals surface area contributed by atoms with Crippen molar-refractivity contribution in [2.75, 3.05) is 11.9 Å². The summed E-state index contributed by atoms with van der Waals surface area (Å²) < 4.78 is 80.1. The molecule has 13 heteroatoms. The third-order valence-electron chi connectivity index (χ3n) is 5.35. The Morgan fingerprint density at radius 2 is 1.66 bits per heavy atom. The molecule has 1 unspecified atom stereocenters. The van der Waals surface area contributed by atoms with Crippen molar-refractivity contribution < 1.29 is 31.1 Å². The zero-order chi connectivity index (χ0) is 26.3. The van der Waals surface area contributed by atoms with Gasteiger partial charge < -0.3 is 10.2 Å². The van der Waals surface area contributed by atoms with Gasteiger partial charge in [-0.3, -0.25) is 9.36 Å². The number of fused-ring (bicyclic) bond motifs is 1. The van der Waals surface area contributed by atoms with Gasteiger partial charge in [0, 0.05) is 24.3 Å². The highest BCUT2D eigenvalue weighted by molar-refractivity contribution is 6.31. The van der Waals surface area contributed by atoms with Crippen LogP contribution in [0.5, 0.6) is 0 Å². The fourth-order valence-corrected chi connectivity index (χ4v) is 3.76. The van der Waals surface area contributed by atoms with E-state index < -0.39 is 46.8 Å². The van der Waals surface area contributed by atoms with E-state index >= 15 is 0 Å². The molecule has 2 aromatic carbocycles. The molecule has 0 saturated carbocycles. The Kier molecular flexibility index (Phi) is 7.07. The van der Waals surface area contributed by atoms with E-state index in [9.17, 15) is 35.9 Å². The largest absolute Gasteiger partial charge is 0.416 e. The van der Waals surface area contributed by atoms with Crippen molar-refractivity contribution in [2.45, 2.75) is 32.2 Å². The van der Waals surface area contributed by atoms with Gasteiger partial charge in [0.1, 0.15) is 5.82 Å². The van der Waals surface area contributed by atoms with Crippen LogP contribution in [0.1, 0.15) is 36.8 Å². The molecule has 35 heavy (non-hydrogen) atoms. The zero-order valence-electron chi connectivity index (χ0n) is 18.6. The molecule has 2 amide bonds. The molecule has 1 atom stereocenters. The number of nitrogens with one attached hydrogen (secondary N) is 1. The highest BCUT2D eigenvalue weighted by atomic mass is 35.5. The molecule has 0 spiro atoms. The number of alkyl halides is 6. The number of carbonyl (C=O) groups excluding carboxylic acids is 1. The summed E-state index contributed by atoms with van der Waals surface area (Å²) in [6, 6.07) is 3.45. The number of amides is 2. The Bertz CT molecular complexity index is 1300.